The lowest BCUT2D eigenvalue weighted by Crippen LogP contribution is -2.58. The second kappa shape index (κ2) is 9.14. The van der Waals surface area contributed by atoms with Gasteiger partial charge in [0.05, 0.1) is 0 Å². The molecule has 9 nitrogen and oxygen atoms in total. The molecule has 1 fully saturated rings. The first-order valence-corrected chi connectivity index (χ1v) is 8.29. The van der Waals surface area contributed by atoms with Crippen LogP contribution in [-0.2, 0) is 42.9 Å². The zero-order chi connectivity index (χ0) is 19.2. The molecule has 0 spiro atoms. The second-order valence-electron chi connectivity index (χ2n) is 5.55. The fraction of sp³-hybridized carbons (Fsp3) is 0.733. The molecule has 1 saturated heterocycles. The summed E-state index contributed by atoms with van der Waals surface area (Å²) in [6.07, 6.45) is -2.75. The van der Waals surface area contributed by atoms with Crippen molar-refractivity contribution >= 4 is 39.8 Å². The number of halogens is 1. The molecule has 0 amide bonds. The Bertz CT molecular complexity index is 535. The van der Waals surface area contributed by atoms with Gasteiger partial charge in [0, 0.05) is 34.1 Å². The molecule has 0 aromatic rings. The van der Waals surface area contributed by atoms with Crippen molar-refractivity contribution in [3.63, 3.8) is 0 Å². The molecule has 1 rings (SSSR count). The summed E-state index contributed by atoms with van der Waals surface area (Å²) < 4.78 is 24.9. The Kier molecular flexibility index (Phi) is 7.81. The predicted molar refractivity (Wildman–Crippen MR) is 85.5 cm³/mol. The first kappa shape index (κ1) is 21.4. The minimum absolute atomic E-state index is 0.0500. The lowest BCUT2D eigenvalue weighted by molar-refractivity contribution is -0.226. The normalized spacial score (nSPS) is 28.6. The minimum atomic E-state index is -1.19. The van der Waals surface area contributed by atoms with Gasteiger partial charge in [0.15, 0.2) is 10.6 Å². The molecule has 142 valence electrons. The molecule has 0 aliphatic carbocycles. The smallest absolute Gasteiger partial charge is 0.303 e. The Morgan fingerprint density at radius 2 is 1.52 bits per heavy atom. The Morgan fingerprint density at radius 3 is 2.00 bits per heavy atom. The first-order chi connectivity index (χ1) is 11.5. The Hall–Kier alpha value is -1.68. The lowest BCUT2D eigenvalue weighted by Gasteiger charge is -2.44. The molecule has 0 aromatic heterocycles. The molecule has 25 heavy (non-hydrogen) atoms. The first-order valence-electron chi connectivity index (χ1n) is 7.50. The van der Waals surface area contributed by atoms with E-state index in [4.69, 9.17) is 23.7 Å². The molecule has 10 heteroatoms. The van der Waals surface area contributed by atoms with Crippen molar-refractivity contribution in [2.75, 3.05) is 13.2 Å². The van der Waals surface area contributed by atoms with Crippen molar-refractivity contribution in [2.45, 2.75) is 56.9 Å². The maximum atomic E-state index is 11.4. The number of esters is 4. The Labute approximate surface area is 153 Å². The SMILES string of the molecule is CC(=O)OCC1OC(Br)(COC(C)=O)CC(OC(C)=O)C1OC(C)=O. The van der Waals surface area contributed by atoms with Gasteiger partial charge in [0.25, 0.3) is 0 Å². The highest BCUT2D eigenvalue weighted by Gasteiger charge is 2.50. The van der Waals surface area contributed by atoms with Gasteiger partial charge < -0.3 is 23.7 Å². The third kappa shape index (κ3) is 7.39. The molecule has 0 bridgehead atoms. The van der Waals surface area contributed by atoms with E-state index in [9.17, 15) is 19.2 Å². The second-order valence-corrected chi connectivity index (χ2v) is 6.99. The zero-order valence-corrected chi connectivity index (χ0v) is 16.0. The average Bonchev–Trinajstić information content (AvgIpc) is 2.45. The van der Waals surface area contributed by atoms with E-state index in [-0.39, 0.29) is 19.6 Å². The number of carbonyl (C=O) groups excluding carboxylic acids is 4. The Balaban J connectivity index is 3.04. The van der Waals surface area contributed by atoms with E-state index in [0.717, 1.165) is 0 Å². The van der Waals surface area contributed by atoms with Crippen LogP contribution in [0.2, 0.25) is 0 Å². The Morgan fingerprint density at radius 1 is 0.960 bits per heavy atom. The van der Waals surface area contributed by atoms with Gasteiger partial charge in [-0.3, -0.25) is 19.2 Å². The van der Waals surface area contributed by atoms with E-state index in [1.807, 2.05) is 0 Å². The van der Waals surface area contributed by atoms with Gasteiger partial charge in [-0.1, -0.05) is 15.9 Å². The number of hydrogen-bond acceptors (Lipinski definition) is 9. The fourth-order valence-electron chi connectivity index (χ4n) is 2.34. The van der Waals surface area contributed by atoms with Gasteiger partial charge in [0.2, 0.25) is 0 Å². The maximum absolute atomic E-state index is 11.4. The highest BCUT2D eigenvalue weighted by atomic mass is 79.9. The summed E-state index contributed by atoms with van der Waals surface area (Å²) in [6, 6.07) is 0. The third-order valence-corrected chi connectivity index (χ3v) is 3.90. The molecule has 0 radical (unpaired) electrons. The van der Waals surface area contributed by atoms with Crippen LogP contribution in [0.15, 0.2) is 0 Å². The van der Waals surface area contributed by atoms with Crippen LogP contribution < -0.4 is 0 Å². The van der Waals surface area contributed by atoms with Gasteiger partial charge in [-0.05, 0) is 0 Å². The van der Waals surface area contributed by atoms with Crippen molar-refractivity contribution in [2.24, 2.45) is 0 Å². The van der Waals surface area contributed by atoms with Crippen LogP contribution in [0.25, 0.3) is 0 Å². The summed E-state index contributed by atoms with van der Waals surface area (Å²) >= 11 is 3.32. The molecule has 0 aromatic carbocycles. The maximum Gasteiger partial charge on any atom is 0.303 e. The lowest BCUT2D eigenvalue weighted by atomic mass is 9.97. The predicted octanol–water partition coefficient (Wildman–Crippen LogP) is 0.856. The third-order valence-electron chi connectivity index (χ3n) is 3.16. The van der Waals surface area contributed by atoms with Crippen molar-refractivity contribution < 1.29 is 42.9 Å². The molecule has 0 saturated carbocycles. The molecule has 1 heterocycles. The fourth-order valence-corrected chi connectivity index (χ4v) is 3.01. The van der Waals surface area contributed by atoms with E-state index in [1.54, 1.807) is 0 Å². The number of hydrogen-bond donors (Lipinski definition) is 0. The molecule has 4 atom stereocenters. The van der Waals surface area contributed by atoms with Crippen molar-refractivity contribution in [1.82, 2.24) is 0 Å². The van der Waals surface area contributed by atoms with Crippen LogP contribution in [0.4, 0.5) is 0 Å². The standard InChI is InChI=1S/C15H21BrO9/c1-8(17)21-6-13-14(24-11(4)20)12(23-10(3)19)5-15(16,25-13)7-22-9(2)18/h12-14H,5-7H2,1-4H3. The minimum Gasteiger partial charge on any atom is -0.463 e. The highest BCUT2D eigenvalue weighted by Crippen LogP contribution is 2.38. The number of carbonyl (C=O) groups is 4. The quantitative estimate of drug-likeness (QED) is 0.347. The van der Waals surface area contributed by atoms with Gasteiger partial charge in [0.1, 0.15) is 25.4 Å². The molecule has 0 N–H and O–H groups in total. The topological polar surface area (TPSA) is 114 Å². The summed E-state index contributed by atoms with van der Waals surface area (Å²) in [5.41, 5.74) is 0. The van der Waals surface area contributed by atoms with Crippen LogP contribution >= 0.6 is 15.9 Å². The highest BCUT2D eigenvalue weighted by molar-refractivity contribution is 9.10. The largest absolute Gasteiger partial charge is 0.463 e. The molecule has 1 aliphatic rings. The van der Waals surface area contributed by atoms with Crippen LogP contribution in [0.5, 0.6) is 0 Å². The number of alkyl halides is 1. The summed E-state index contributed by atoms with van der Waals surface area (Å²) in [5, 5.41) is 0. The van der Waals surface area contributed by atoms with E-state index < -0.39 is 46.7 Å². The average molecular weight is 425 g/mol. The van der Waals surface area contributed by atoms with Crippen molar-refractivity contribution in [3.05, 3.63) is 0 Å². The zero-order valence-electron chi connectivity index (χ0n) is 14.4. The number of ether oxygens (including phenoxy) is 5. The van der Waals surface area contributed by atoms with E-state index >= 15 is 0 Å². The molecule has 4 unspecified atom stereocenters. The van der Waals surface area contributed by atoms with Crippen LogP contribution in [0, 0.1) is 0 Å². The van der Waals surface area contributed by atoms with E-state index in [2.05, 4.69) is 15.9 Å². The molecular formula is C15H21BrO9. The van der Waals surface area contributed by atoms with Gasteiger partial charge in [-0.2, -0.15) is 0 Å². The van der Waals surface area contributed by atoms with E-state index in [1.165, 1.54) is 27.7 Å². The molecule has 1 aliphatic heterocycles. The summed E-state index contributed by atoms with van der Waals surface area (Å²) in [4.78, 5) is 45.0. The van der Waals surface area contributed by atoms with Gasteiger partial charge in [-0.25, -0.2) is 0 Å². The van der Waals surface area contributed by atoms with Crippen molar-refractivity contribution in [3.8, 4) is 0 Å². The van der Waals surface area contributed by atoms with Crippen LogP contribution in [-0.4, -0.2) is 59.9 Å². The van der Waals surface area contributed by atoms with Crippen molar-refractivity contribution in [1.29, 1.82) is 0 Å². The number of rotatable bonds is 6. The van der Waals surface area contributed by atoms with Crippen LogP contribution in [0.3, 0.4) is 0 Å². The van der Waals surface area contributed by atoms with E-state index in [0.29, 0.717) is 0 Å². The van der Waals surface area contributed by atoms with Crippen LogP contribution in [0.1, 0.15) is 34.1 Å². The molecular weight excluding hydrogens is 404 g/mol. The monoisotopic (exact) mass is 424 g/mol. The summed E-state index contributed by atoms with van der Waals surface area (Å²) in [5.74, 6) is -2.27. The van der Waals surface area contributed by atoms with Gasteiger partial charge in [-0.15, -0.1) is 0 Å². The van der Waals surface area contributed by atoms with Gasteiger partial charge >= 0.3 is 23.9 Å². The summed E-state index contributed by atoms with van der Waals surface area (Å²) in [7, 11) is 0. The summed E-state index contributed by atoms with van der Waals surface area (Å²) in [6.45, 7) is 4.45.